The van der Waals surface area contributed by atoms with Crippen molar-refractivity contribution in [3.8, 4) is 0 Å². The quantitative estimate of drug-likeness (QED) is 0.791. The maximum absolute atomic E-state index is 11.7. The van der Waals surface area contributed by atoms with Gasteiger partial charge in [-0.3, -0.25) is 4.79 Å². The van der Waals surface area contributed by atoms with Crippen molar-refractivity contribution < 1.29 is 14.0 Å². The van der Waals surface area contributed by atoms with E-state index in [1.54, 1.807) is 28.1 Å². The normalized spacial score (nSPS) is 10.0. The lowest BCUT2D eigenvalue weighted by molar-refractivity contribution is -0.129. The van der Waals surface area contributed by atoms with Crippen LogP contribution in [0.5, 0.6) is 0 Å². The van der Waals surface area contributed by atoms with E-state index in [4.69, 9.17) is 4.42 Å². The number of rotatable bonds is 4. The fourth-order valence-corrected chi connectivity index (χ4v) is 1.14. The Hall–Kier alpha value is -2.12. The zero-order valence-electron chi connectivity index (χ0n) is 10.9. The Morgan fingerprint density at radius 1 is 1.28 bits per heavy atom. The Kier molecular flexibility index (Phi) is 4.64. The summed E-state index contributed by atoms with van der Waals surface area (Å²) in [6, 6.07) is -0.314. The van der Waals surface area contributed by atoms with Crippen molar-refractivity contribution in [2.75, 3.05) is 27.7 Å². The number of nitrogens with one attached hydrogen (secondary N) is 1. The molecule has 0 saturated carbocycles. The molecule has 1 aromatic heterocycles. The summed E-state index contributed by atoms with van der Waals surface area (Å²) in [7, 11) is 4.80. The van der Waals surface area contributed by atoms with Crippen molar-refractivity contribution in [3.05, 3.63) is 11.8 Å². The van der Waals surface area contributed by atoms with Crippen LogP contribution in [-0.2, 0) is 11.3 Å². The lowest BCUT2D eigenvalue weighted by Crippen LogP contribution is -2.41. The van der Waals surface area contributed by atoms with Crippen molar-refractivity contribution >= 4 is 11.9 Å². The van der Waals surface area contributed by atoms with Crippen LogP contribution in [0.4, 0.5) is 4.79 Å². The lowest BCUT2D eigenvalue weighted by Gasteiger charge is -2.16. The number of aromatic nitrogens is 2. The zero-order chi connectivity index (χ0) is 13.7. The fourth-order valence-electron chi connectivity index (χ4n) is 1.14. The second kappa shape index (κ2) is 5.99. The molecule has 0 atom stereocenters. The second-order valence-electron chi connectivity index (χ2n) is 4.02. The van der Waals surface area contributed by atoms with Crippen LogP contribution >= 0.6 is 0 Å². The van der Waals surface area contributed by atoms with Gasteiger partial charge in [0.05, 0.1) is 13.1 Å². The first-order chi connectivity index (χ1) is 8.40. The number of carbonyl (C=O) groups excluding carboxylic acids is 2. The van der Waals surface area contributed by atoms with Crippen LogP contribution in [0.15, 0.2) is 4.42 Å². The number of amides is 3. The molecule has 0 spiro atoms. The Labute approximate surface area is 105 Å². The van der Waals surface area contributed by atoms with Crippen LogP contribution in [0.2, 0.25) is 0 Å². The average molecular weight is 255 g/mol. The van der Waals surface area contributed by atoms with Crippen LogP contribution in [0, 0.1) is 6.92 Å². The van der Waals surface area contributed by atoms with E-state index < -0.39 is 0 Å². The van der Waals surface area contributed by atoms with Gasteiger partial charge in [0.2, 0.25) is 17.7 Å². The van der Waals surface area contributed by atoms with E-state index in [-0.39, 0.29) is 25.0 Å². The van der Waals surface area contributed by atoms with E-state index in [0.29, 0.717) is 11.8 Å². The molecular formula is C10H17N5O3. The van der Waals surface area contributed by atoms with Crippen LogP contribution in [0.1, 0.15) is 11.8 Å². The van der Waals surface area contributed by atoms with Crippen molar-refractivity contribution in [2.24, 2.45) is 0 Å². The van der Waals surface area contributed by atoms with Gasteiger partial charge in [-0.15, -0.1) is 10.2 Å². The van der Waals surface area contributed by atoms with Gasteiger partial charge in [-0.1, -0.05) is 0 Å². The molecule has 1 rings (SSSR count). The standard InChI is InChI=1S/C10H17N5O3/c1-7-12-13-8(18-7)6-15(4)9(16)5-11-10(17)14(2)3/h5-6H2,1-4H3,(H,11,17). The summed E-state index contributed by atoms with van der Waals surface area (Å²) >= 11 is 0. The van der Waals surface area contributed by atoms with E-state index in [2.05, 4.69) is 15.5 Å². The highest BCUT2D eigenvalue weighted by Gasteiger charge is 2.14. The molecule has 0 radical (unpaired) electrons. The number of hydrogen-bond acceptors (Lipinski definition) is 5. The predicted molar refractivity (Wildman–Crippen MR) is 62.6 cm³/mol. The summed E-state index contributed by atoms with van der Waals surface area (Å²) < 4.78 is 5.16. The van der Waals surface area contributed by atoms with Gasteiger partial charge in [0.1, 0.15) is 0 Å². The van der Waals surface area contributed by atoms with Gasteiger partial charge in [0.15, 0.2) is 0 Å². The summed E-state index contributed by atoms with van der Waals surface area (Å²) in [6.07, 6.45) is 0. The molecule has 1 N–H and O–H groups in total. The Morgan fingerprint density at radius 3 is 2.44 bits per heavy atom. The summed E-state index contributed by atoms with van der Waals surface area (Å²) in [4.78, 5) is 25.7. The molecule has 0 aromatic carbocycles. The van der Waals surface area contributed by atoms with Gasteiger partial charge in [-0.05, 0) is 0 Å². The van der Waals surface area contributed by atoms with Crippen molar-refractivity contribution in [1.29, 1.82) is 0 Å². The maximum Gasteiger partial charge on any atom is 0.317 e. The molecular weight excluding hydrogens is 238 g/mol. The number of nitrogens with zero attached hydrogens (tertiary/aromatic N) is 4. The molecule has 0 aliphatic heterocycles. The molecule has 0 bridgehead atoms. The predicted octanol–water partition coefficient (Wildman–Crippen LogP) is -0.392. The highest BCUT2D eigenvalue weighted by molar-refractivity contribution is 5.83. The smallest absolute Gasteiger partial charge is 0.317 e. The molecule has 8 heteroatoms. The SMILES string of the molecule is Cc1nnc(CN(C)C(=O)CNC(=O)N(C)C)o1. The van der Waals surface area contributed by atoms with Gasteiger partial charge in [0, 0.05) is 28.1 Å². The zero-order valence-corrected chi connectivity index (χ0v) is 10.9. The molecule has 0 aliphatic carbocycles. The molecule has 0 unspecified atom stereocenters. The van der Waals surface area contributed by atoms with E-state index in [1.165, 1.54) is 9.80 Å². The number of aryl methyl sites for hydroxylation is 1. The van der Waals surface area contributed by atoms with E-state index in [1.807, 2.05) is 0 Å². The molecule has 8 nitrogen and oxygen atoms in total. The molecule has 1 aromatic rings. The monoisotopic (exact) mass is 255 g/mol. The number of urea groups is 1. The Bertz CT molecular complexity index is 429. The molecule has 0 aliphatic rings. The van der Waals surface area contributed by atoms with E-state index in [9.17, 15) is 9.59 Å². The van der Waals surface area contributed by atoms with Gasteiger partial charge in [-0.2, -0.15) is 0 Å². The highest BCUT2D eigenvalue weighted by Crippen LogP contribution is 2.01. The van der Waals surface area contributed by atoms with Gasteiger partial charge in [-0.25, -0.2) is 4.79 Å². The molecule has 0 fully saturated rings. The van der Waals surface area contributed by atoms with Crippen molar-refractivity contribution in [3.63, 3.8) is 0 Å². The minimum absolute atomic E-state index is 0.0688. The summed E-state index contributed by atoms with van der Waals surface area (Å²) in [5.41, 5.74) is 0. The van der Waals surface area contributed by atoms with Gasteiger partial charge >= 0.3 is 6.03 Å². The van der Waals surface area contributed by atoms with Crippen LogP contribution in [0.3, 0.4) is 0 Å². The topological polar surface area (TPSA) is 91.6 Å². The average Bonchev–Trinajstić information content (AvgIpc) is 2.70. The first kappa shape index (κ1) is 13.9. The molecule has 1 heterocycles. The van der Waals surface area contributed by atoms with E-state index >= 15 is 0 Å². The second-order valence-corrected chi connectivity index (χ2v) is 4.02. The molecule has 3 amide bonds. The fraction of sp³-hybridized carbons (Fsp3) is 0.600. The number of likely N-dealkylation sites (N-methyl/N-ethyl adjacent to an activating group) is 1. The minimum Gasteiger partial charge on any atom is -0.424 e. The largest absolute Gasteiger partial charge is 0.424 e. The highest BCUT2D eigenvalue weighted by atomic mass is 16.4. The molecule has 0 saturated heterocycles. The summed E-state index contributed by atoms with van der Waals surface area (Å²) in [6.45, 7) is 1.83. The Balaban J connectivity index is 2.40. The van der Waals surface area contributed by atoms with Crippen LogP contribution in [-0.4, -0.2) is 59.6 Å². The number of carbonyl (C=O) groups is 2. The number of hydrogen-bond donors (Lipinski definition) is 1. The molecule has 18 heavy (non-hydrogen) atoms. The first-order valence-corrected chi connectivity index (χ1v) is 5.38. The Morgan fingerprint density at radius 2 is 1.94 bits per heavy atom. The third kappa shape index (κ3) is 4.04. The lowest BCUT2D eigenvalue weighted by atomic mass is 10.4. The van der Waals surface area contributed by atoms with E-state index in [0.717, 1.165) is 0 Å². The molecule has 100 valence electrons. The minimum atomic E-state index is -0.314. The third-order valence-electron chi connectivity index (χ3n) is 2.16. The first-order valence-electron chi connectivity index (χ1n) is 5.38. The summed E-state index contributed by atoms with van der Waals surface area (Å²) in [5, 5.41) is 9.93. The van der Waals surface area contributed by atoms with Gasteiger partial charge < -0.3 is 19.5 Å². The van der Waals surface area contributed by atoms with Crippen molar-refractivity contribution in [2.45, 2.75) is 13.5 Å². The van der Waals surface area contributed by atoms with Crippen LogP contribution < -0.4 is 5.32 Å². The van der Waals surface area contributed by atoms with Crippen molar-refractivity contribution in [1.82, 2.24) is 25.3 Å². The van der Waals surface area contributed by atoms with Crippen LogP contribution in [0.25, 0.3) is 0 Å². The van der Waals surface area contributed by atoms with Gasteiger partial charge in [0.25, 0.3) is 0 Å². The third-order valence-corrected chi connectivity index (χ3v) is 2.16. The summed E-state index contributed by atoms with van der Waals surface area (Å²) in [5.74, 6) is 0.579. The maximum atomic E-state index is 11.7.